The van der Waals surface area contributed by atoms with Crippen molar-refractivity contribution in [2.75, 3.05) is 26.1 Å². The predicted octanol–water partition coefficient (Wildman–Crippen LogP) is 4.16. The fraction of sp³-hybridized carbons (Fsp3) is 0.125. The third kappa shape index (κ3) is 6.79. The van der Waals surface area contributed by atoms with E-state index in [2.05, 4.69) is 31.8 Å². The molecule has 11 nitrogen and oxygen atoms in total. The number of ether oxygens (including phenoxy) is 3. The van der Waals surface area contributed by atoms with E-state index in [0.29, 0.717) is 33.0 Å². The summed E-state index contributed by atoms with van der Waals surface area (Å²) >= 11 is 3.39. The average Bonchev–Trinajstić information content (AvgIpc) is 2.88. The van der Waals surface area contributed by atoms with Gasteiger partial charge in [0.1, 0.15) is 5.75 Å². The topological polar surface area (TPSA) is 141 Å². The van der Waals surface area contributed by atoms with Crippen LogP contribution in [0.25, 0.3) is 0 Å². The minimum atomic E-state index is -0.550. The third-order valence-corrected chi connectivity index (χ3v) is 5.29. The number of nitro groups is 1. The second-order valence-electron chi connectivity index (χ2n) is 7.07. The molecule has 3 aromatic carbocycles. The molecule has 0 saturated carbocycles. The first-order valence-corrected chi connectivity index (χ1v) is 11.1. The largest absolute Gasteiger partial charge is 0.495 e. The van der Waals surface area contributed by atoms with Crippen LogP contribution in [-0.2, 0) is 4.79 Å². The Hall–Kier alpha value is -4.45. The van der Waals surface area contributed by atoms with E-state index < -0.39 is 16.7 Å². The van der Waals surface area contributed by atoms with Gasteiger partial charge in [-0.25, -0.2) is 5.43 Å². The molecular weight excluding hydrogens is 536 g/mol. The molecular formula is C24H21BrN4O7. The number of halogens is 1. The Morgan fingerprint density at radius 2 is 1.75 bits per heavy atom. The quantitative estimate of drug-likeness (QED) is 0.217. The van der Waals surface area contributed by atoms with Crippen molar-refractivity contribution in [1.29, 1.82) is 0 Å². The molecule has 186 valence electrons. The van der Waals surface area contributed by atoms with Crippen LogP contribution in [0.2, 0.25) is 0 Å². The molecule has 2 N–H and O–H groups in total. The smallest absolute Gasteiger partial charge is 0.271 e. The number of hydrazone groups is 1. The summed E-state index contributed by atoms with van der Waals surface area (Å²) in [6.07, 6.45) is 1.38. The number of non-ortho nitro benzene ring substituents is 1. The highest BCUT2D eigenvalue weighted by atomic mass is 79.9. The number of carbonyl (C=O) groups is 2. The lowest BCUT2D eigenvalue weighted by Gasteiger charge is -2.14. The van der Waals surface area contributed by atoms with E-state index in [-0.39, 0.29) is 17.9 Å². The SMILES string of the molecule is COc1ccccc1NC(=O)COc1c(Br)cc(/C=N/NC(=O)c2ccc([N+](=O)[O-])cc2)cc1OC. The van der Waals surface area contributed by atoms with Crippen molar-refractivity contribution in [2.24, 2.45) is 5.10 Å². The van der Waals surface area contributed by atoms with Gasteiger partial charge >= 0.3 is 0 Å². The van der Waals surface area contributed by atoms with Crippen LogP contribution in [-0.4, -0.2) is 43.8 Å². The van der Waals surface area contributed by atoms with Gasteiger partial charge in [0.25, 0.3) is 17.5 Å². The van der Waals surface area contributed by atoms with Gasteiger partial charge in [-0.1, -0.05) is 12.1 Å². The molecule has 0 aliphatic carbocycles. The van der Waals surface area contributed by atoms with Gasteiger partial charge in [0.15, 0.2) is 18.1 Å². The lowest BCUT2D eigenvalue weighted by molar-refractivity contribution is -0.384. The zero-order chi connectivity index (χ0) is 26.1. The van der Waals surface area contributed by atoms with Crippen LogP contribution in [0.5, 0.6) is 17.2 Å². The zero-order valence-electron chi connectivity index (χ0n) is 19.2. The number of nitrogens with zero attached hydrogens (tertiary/aromatic N) is 2. The minimum absolute atomic E-state index is 0.119. The molecule has 0 radical (unpaired) electrons. The first-order chi connectivity index (χ1) is 17.3. The summed E-state index contributed by atoms with van der Waals surface area (Å²) in [7, 11) is 2.95. The molecule has 0 aromatic heterocycles. The van der Waals surface area contributed by atoms with Crippen LogP contribution in [0.4, 0.5) is 11.4 Å². The third-order valence-electron chi connectivity index (χ3n) is 4.70. The number of benzene rings is 3. The summed E-state index contributed by atoms with van der Waals surface area (Å²) in [5.74, 6) is 0.229. The summed E-state index contributed by atoms with van der Waals surface area (Å²) in [5, 5.41) is 17.3. The molecule has 0 atom stereocenters. The Kier molecular flexibility index (Phi) is 8.95. The second-order valence-corrected chi connectivity index (χ2v) is 7.93. The highest BCUT2D eigenvalue weighted by Gasteiger charge is 2.15. The van der Waals surface area contributed by atoms with E-state index in [0.717, 1.165) is 0 Å². The maximum Gasteiger partial charge on any atom is 0.271 e. The first-order valence-electron chi connectivity index (χ1n) is 10.3. The van der Waals surface area contributed by atoms with Gasteiger partial charge in [0, 0.05) is 17.7 Å². The maximum atomic E-state index is 12.4. The predicted molar refractivity (Wildman–Crippen MR) is 136 cm³/mol. The Balaban J connectivity index is 1.63. The number of hydrogen-bond donors (Lipinski definition) is 2. The normalized spacial score (nSPS) is 10.5. The van der Waals surface area contributed by atoms with Gasteiger partial charge in [-0.15, -0.1) is 0 Å². The summed E-state index contributed by atoms with van der Waals surface area (Å²) in [6.45, 7) is -0.286. The van der Waals surface area contributed by atoms with Crippen molar-refractivity contribution in [3.63, 3.8) is 0 Å². The molecule has 36 heavy (non-hydrogen) atoms. The van der Waals surface area contributed by atoms with E-state index in [1.807, 2.05) is 0 Å². The summed E-state index contributed by atoms with van der Waals surface area (Å²) in [5.41, 5.74) is 3.53. The second kappa shape index (κ2) is 12.3. The van der Waals surface area contributed by atoms with E-state index >= 15 is 0 Å². The number of methoxy groups -OCH3 is 2. The maximum absolute atomic E-state index is 12.4. The Labute approximate surface area is 214 Å². The van der Waals surface area contributed by atoms with Crippen LogP contribution in [0.15, 0.2) is 70.2 Å². The van der Waals surface area contributed by atoms with E-state index in [9.17, 15) is 19.7 Å². The van der Waals surface area contributed by atoms with Crippen molar-refractivity contribution in [3.8, 4) is 17.2 Å². The van der Waals surface area contributed by atoms with Gasteiger partial charge in [0.2, 0.25) is 0 Å². The molecule has 0 aliphatic heterocycles. The standard InChI is InChI=1S/C24H21BrN4O7/c1-34-20-6-4-3-5-19(20)27-22(30)14-36-23-18(25)11-15(12-21(23)35-2)13-26-28-24(31)16-7-9-17(10-8-16)29(32)33/h3-13H,14H2,1-2H3,(H,27,30)(H,28,31)/b26-13+. The number of anilines is 1. The van der Waals surface area contributed by atoms with Crippen molar-refractivity contribution in [3.05, 3.63) is 86.4 Å². The van der Waals surface area contributed by atoms with Gasteiger partial charge in [-0.05, 0) is 57.9 Å². The number of nitro benzene ring substituents is 1. The number of hydrogen-bond acceptors (Lipinski definition) is 8. The molecule has 0 spiro atoms. The summed E-state index contributed by atoms with van der Waals surface area (Å²) < 4.78 is 16.7. The van der Waals surface area contributed by atoms with Crippen molar-refractivity contribution in [2.45, 2.75) is 0 Å². The van der Waals surface area contributed by atoms with E-state index in [1.165, 1.54) is 44.7 Å². The number of para-hydroxylation sites is 2. The molecule has 0 fully saturated rings. The van der Waals surface area contributed by atoms with Crippen LogP contribution < -0.4 is 25.0 Å². The van der Waals surface area contributed by atoms with Gasteiger partial charge in [0.05, 0.1) is 35.5 Å². The van der Waals surface area contributed by atoms with Gasteiger partial charge < -0.3 is 19.5 Å². The Morgan fingerprint density at radius 3 is 2.42 bits per heavy atom. The molecule has 0 saturated heterocycles. The molecule has 0 aliphatic rings. The first kappa shape index (κ1) is 26.2. The highest BCUT2D eigenvalue weighted by molar-refractivity contribution is 9.10. The fourth-order valence-corrected chi connectivity index (χ4v) is 3.56. The highest BCUT2D eigenvalue weighted by Crippen LogP contribution is 2.36. The van der Waals surface area contributed by atoms with Crippen molar-refractivity contribution >= 4 is 45.3 Å². The number of carbonyl (C=O) groups excluding carboxylic acids is 2. The molecule has 3 rings (SSSR count). The van der Waals surface area contributed by atoms with Crippen molar-refractivity contribution in [1.82, 2.24) is 5.43 Å². The average molecular weight is 557 g/mol. The molecule has 0 heterocycles. The lowest BCUT2D eigenvalue weighted by Crippen LogP contribution is -2.20. The van der Waals surface area contributed by atoms with Crippen LogP contribution in [0, 0.1) is 10.1 Å². The van der Waals surface area contributed by atoms with Crippen molar-refractivity contribution < 1.29 is 28.7 Å². The number of rotatable bonds is 10. The molecule has 0 unspecified atom stereocenters. The van der Waals surface area contributed by atoms with Gasteiger partial charge in [-0.2, -0.15) is 5.10 Å². The summed E-state index contributed by atoms with van der Waals surface area (Å²) in [4.78, 5) is 34.7. The number of amides is 2. The number of nitrogens with one attached hydrogen (secondary N) is 2. The van der Waals surface area contributed by atoms with E-state index in [1.54, 1.807) is 36.4 Å². The minimum Gasteiger partial charge on any atom is -0.495 e. The zero-order valence-corrected chi connectivity index (χ0v) is 20.8. The van der Waals surface area contributed by atoms with E-state index in [4.69, 9.17) is 14.2 Å². The fourth-order valence-electron chi connectivity index (χ4n) is 2.99. The Bertz CT molecular complexity index is 1300. The Morgan fingerprint density at radius 1 is 1.06 bits per heavy atom. The molecule has 0 bridgehead atoms. The lowest BCUT2D eigenvalue weighted by atomic mass is 10.2. The van der Waals surface area contributed by atoms with Gasteiger partial charge in [-0.3, -0.25) is 19.7 Å². The summed E-state index contributed by atoms with van der Waals surface area (Å²) in [6, 6.07) is 15.4. The van der Waals surface area contributed by atoms with Crippen LogP contribution in [0.1, 0.15) is 15.9 Å². The molecule has 2 amide bonds. The molecule has 3 aromatic rings. The van der Waals surface area contributed by atoms with Crippen LogP contribution >= 0.6 is 15.9 Å². The molecule has 12 heteroatoms. The van der Waals surface area contributed by atoms with Crippen LogP contribution in [0.3, 0.4) is 0 Å². The monoisotopic (exact) mass is 556 g/mol.